The minimum Gasteiger partial charge on any atom is -0.373 e. The van der Waals surface area contributed by atoms with Gasteiger partial charge in [0.1, 0.15) is 6.61 Å². The summed E-state index contributed by atoms with van der Waals surface area (Å²) in [6, 6.07) is 7.46. The molecule has 0 radical (unpaired) electrons. The first-order valence-electron chi connectivity index (χ1n) is 7.11. The number of benzene rings is 1. The van der Waals surface area contributed by atoms with Gasteiger partial charge in [0, 0.05) is 16.6 Å². The lowest BCUT2D eigenvalue weighted by Crippen LogP contribution is -2.10. The Morgan fingerprint density at radius 3 is 2.53 bits per heavy atom. The summed E-state index contributed by atoms with van der Waals surface area (Å²) in [5.74, 6) is 0.0402. The predicted molar refractivity (Wildman–Crippen MR) is 82.7 cm³/mol. The maximum atomic E-state index is 11.9. The van der Waals surface area contributed by atoms with Crippen LogP contribution in [0.3, 0.4) is 0 Å². The highest BCUT2D eigenvalue weighted by Gasteiger charge is 2.08. The van der Waals surface area contributed by atoms with Gasteiger partial charge in [-0.25, -0.2) is 0 Å². The molecule has 0 unspecified atom stereocenters. The smallest absolute Gasteiger partial charge is 0.189 e. The number of carbonyl (C=O) groups is 1. The van der Waals surface area contributed by atoms with Crippen molar-refractivity contribution in [1.29, 1.82) is 0 Å². The van der Waals surface area contributed by atoms with Crippen LogP contribution in [0.1, 0.15) is 55.8 Å². The van der Waals surface area contributed by atoms with Crippen molar-refractivity contribution in [2.24, 2.45) is 0 Å². The average Bonchev–Trinajstić information content (AvgIpc) is 2.42. The lowest BCUT2D eigenvalue weighted by atomic mass is 10.1. The molecule has 0 N–H and O–H groups in total. The number of unbranched alkanes of at least 4 members (excludes halogenated alkanes) is 5. The predicted octanol–water partition coefficient (Wildman–Crippen LogP) is 5.01. The number of Topliss-reactive ketones (excluding diaryl/α,β-unsaturated/α-hetero) is 1. The van der Waals surface area contributed by atoms with E-state index in [1.54, 1.807) is 0 Å². The first kappa shape index (κ1) is 16.4. The van der Waals surface area contributed by atoms with E-state index in [0.29, 0.717) is 12.2 Å². The molecule has 3 heteroatoms. The minimum atomic E-state index is 0.0402. The topological polar surface area (TPSA) is 26.3 Å². The van der Waals surface area contributed by atoms with Gasteiger partial charge >= 0.3 is 0 Å². The SMILES string of the molecule is CCCCCCCCOCC(=O)c1ccccc1Br. The number of hydrogen-bond acceptors (Lipinski definition) is 2. The molecular formula is C16H23BrO2. The van der Waals surface area contributed by atoms with E-state index in [4.69, 9.17) is 4.74 Å². The molecule has 0 fully saturated rings. The van der Waals surface area contributed by atoms with Crippen molar-refractivity contribution in [2.45, 2.75) is 45.4 Å². The van der Waals surface area contributed by atoms with Crippen molar-refractivity contribution >= 4 is 21.7 Å². The van der Waals surface area contributed by atoms with Gasteiger partial charge in [0.25, 0.3) is 0 Å². The molecule has 0 bridgehead atoms. The van der Waals surface area contributed by atoms with Gasteiger partial charge in [0.05, 0.1) is 0 Å². The third-order valence-electron chi connectivity index (χ3n) is 3.05. The summed E-state index contributed by atoms with van der Waals surface area (Å²) in [7, 11) is 0. The number of halogens is 1. The third-order valence-corrected chi connectivity index (χ3v) is 3.74. The number of ketones is 1. The Hall–Kier alpha value is -0.670. The van der Waals surface area contributed by atoms with E-state index in [0.717, 1.165) is 10.9 Å². The molecule has 0 aliphatic carbocycles. The van der Waals surface area contributed by atoms with E-state index in [1.165, 1.54) is 32.1 Å². The second kappa shape index (κ2) is 10.2. The first-order valence-corrected chi connectivity index (χ1v) is 7.90. The van der Waals surface area contributed by atoms with Crippen LogP contribution < -0.4 is 0 Å². The number of hydrogen-bond donors (Lipinski definition) is 0. The summed E-state index contributed by atoms with van der Waals surface area (Å²) in [6.07, 6.45) is 7.43. The third kappa shape index (κ3) is 6.88. The van der Waals surface area contributed by atoms with Crippen molar-refractivity contribution < 1.29 is 9.53 Å². The molecule has 0 saturated carbocycles. The lowest BCUT2D eigenvalue weighted by Gasteiger charge is -2.05. The van der Waals surface area contributed by atoms with Gasteiger partial charge < -0.3 is 4.74 Å². The molecule has 0 heterocycles. The molecule has 0 atom stereocenters. The molecule has 0 saturated heterocycles. The molecule has 0 amide bonds. The van der Waals surface area contributed by atoms with Gasteiger partial charge in [0.15, 0.2) is 5.78 Å². The quantitative estimate of drug-likeness (QED) is 0.446. The Morgan fingerprint density at radius 1 is 1.11 bits per heavy atom. The van der Waals surface area contributed by atoms with Crippen LogP contribution >= 0.6 is 15.9 Å². The van der Waals surface area contributed by atoms with Crippen molar-refractivity contribution in [1.82, 2.24) is 0 Å². The second-order valence-corrected chi connectivity index (χ2v) is 5.58. The van der Waals surface area contributed by atoms with Crippen LogP contribution in [0.25, 0.3) is 0 Å². The van der Waals surface area contributed by atoms with Crippen molar-refractivity contribution in [2.75, 3.05) is 13.2 Å². The molecule has 0 aliphatic rings. The van der Waals surface area contributed by atoms with Gasteiger partial charge in [-0.2, -0.15) is 0 Å². The summed E-state index contributed by atoms with van der Waals surface area (Å²) in [4.78, 5) is 11.9. The zero-order valence-corrected chi connectivity index (χ0v) is 13.2. The Bertz CT molecular complexity index is 377. The molecule has 2 nitrogen and oxygen atoms in total. The van der Waals surface area contributed by atoms with Gasteiger partial charge in [0.2, 0.25) is 0 Å². The molecule has 0 aromatic heterocycles. The fourth-order valence-electron chi connectivity index (χ4n) is 1.91. The Labute approximate surface area is 124 Å². The normalized spacial score (nSPS) is 10.6. The fraction of sp³-hybridized carbons (Fsp3) is 0.562. The van der Waals surface area contributed by atoms with Crippen LogP contribution in [-0.4, -0.2) is 19.0 Å². The number of rotatable bonds is 10. The van der Waals surface area contributed by atoms with Gasteiger partial charge in [-0.05, 0) is 12.5 Å². The molecule has 1 rings (SSSR count). The van der Waals surface area contributed by atoms with Crippen LogP contribution in [-0.2, 0) is 4.74 Å². The van der Waals surface area contributed by atoms with E-state index >= 15 is 0 Å². The minimum absolute atomic E-state index is 0.0402. The first-order chi connectivity index (χ1) is 9.25. The fourth-order valence-corrected chi connectivity index (χ4v) is 2.42. The molecule has 19 heavy (non-hydrogen) atoms. The standard InChI is InChI=1S/C16H23BrO2/c1-2-3-4-5-6-9-12-19-13-16(18)14-10-7-8-11-15(14)17/h7-8,10-11H,2-6,9,12-13H2,1H3. The van der Waals surface area contributed by atoms with E-state index in [2.05, 4.69) is 22.9 Å². The highest BCUT2D eigenvalue weighted by Crippen LogP contribution is 2.16. The van der Waals surface area contributed by atoms with Crippen molar-refractivity contribution in [3.63, 3.8) is 0 Å². The maximum absolute atomic E-state index is 11.9. The van der Waals surface area contributed by atoms with Gasteiger partial charge in [-0.1, -0.05) is 73.2 Å². The molecule has 0 aliphatic heterocycles. The highest BCUT2D eigenvalue weighted by atomic mass is 79.9. The summed E-state index contributed by atoms with van der Waals surface area (Å²) < 4.78 is 6.28. The number of carbonyl (C=O) groups excluding carboxylic acids is 1. The zero-order valence-electron chi connectivity index (χ0n) is 11.7. The van der Waals surface area contributed by atoms with Crippen LogP contribution in [0.2, 0.25) is 0 Å². The van der Waals surface area contributed by atoms with Crippen LogP contribution in [0.5, 0.6) is 0 Å². The Balaban J connectivity index is 2.10. The highest BCUT2D eigenvalue weighted by molar-refractivity contribution is 9.10. The average molecular weight is 327 g/mol. The van der Waals surface area contributed by atoms with E-state index in [-0.39, 0.29) is 12.4 Å². The number of ether oxygens (including phenoxy) is 1. The van der Waals surface area contributed by atoms with Crippen LogP contribution in [0.15, 0.2) is 28.7 Å². The van der Waals surface area contributed by atoms with E-state index in [1.807, 2.05) is 24.3 Å². The van der Waals surface area contributed by atoms with E-state index in [9.17, 15) is 4.79 Å². The molecular weight excluding hydrogens is 304 g/mol. The molecule has 106 valence electrons. The largest absolute Gasteiger partial charge is 0.373 e. The molecule has 0 spiro atoms. The monoisotopic (exact) mass is 326 g/mol. The zero-order chi connectivity index (χ0) is 13.9. The van der Waals surface area contributed by atoms with Crippen LogP contribution in [0, 0.1) is 0 Å². The summed E-state index contributed by atoms with van der Waals surface area (Å²) in [6.45, 7) is 3.08. The molecule has 1 aromatic carbocycles. The van der Waals surface area contributed by atoms with Gasteiger partial charge in [-0.15, -0.1) is 0 Å². The van der Waals surface area contributed by atoms with Gasteiger partial charge in [-0.3, -0.25) is 4.79 Å². The summed E-state index contributed by atoms with van der Waals surface area (Å²) >= 11 is 3.38. The lowest BCUT2D eigenvalue weighted by molar-refractivity contribution is 0.0751. The summed E-state index contributed by atoms with van der Waals surface area (Å²) in [5.41, 5.74) is 0.699. The van der Waals surface area contributed by atoms with Crippen LogP contribution in [0.4, 0.5) is 0 Å². The Kier molecular flexibility index (Phi) is 8.76. The Morgan fingerprint density at radius 2 is 1.79 bits per heavy atom. The maximum Gasteiger partial charge on any atom is 0.189 e. The van der Waals surface area contributed by atoms with Crippen molar-refractivity contribution in [3.05, 3.63) is 34.3 Å². The summed E-state index contributed by atoms with van der Waals surface area (Å²) in [5, 5.41) is 0. The second-order valence-electron chi connectivity index (χ2n) is 4.72. The van der Waals surface area contributed by atoms with E-state index < -0.39 is 0 Å². The van der Waals surface area contributed by atoms with Crippen molar-refractivity contribution in [3.8, 4) is 0 Å². The molecule has 1 aromatic rings.